The van der Waals surface area contributed by atoms with Gasteiger partial charge in [0.1, 0.15) is 11.0 Å². The Kier molecular flexibility index (Phi) is 4.19. The van der Waals surface area contributed by atoms with Gasteiger partial charge in [-0.15, -0.1) is 0 Å². The van der Waals surface area contributed by atoms with E-state index in [1.54, 1.807) is 17.3 Å². The minimum atomic E-state index is 0. The number of hydrogen-bond acceptors (Lipinski definition) is 3. The van der Waals surface area contributed by atoms with Crippen LogP contribution in [0.1, 0.15) is 0 Å². The second-order valence-corrected chi connectivity index (χ2v) is 2.41. The molecule has 0 atom stereocenters. The maximum Gasteiger partial charge on any atom is 0.207 e. The van der Waals surface area contributed by atoms with Crippen LogP contribution in [0.5, 0.6) is 0 Å². The molecule has 0 bridgehead atoms. The molecule has 0 aromatic heterocycles. The largest absolute Gasteiger partial charge is 1.00 e. The Morgan fingerprint density at radius 3 is 2.67 bits per heavy atom. The highest BCUT2D eigenvalue weighted by atomic mass is 35.5. The van der Waals surface area contributed by atoms with E-state index in [2.05, 4.69) is 4.40 Å². The molecule has 1 aliphatic heterocycles. The van der Waals surface area contributed by atoms with Gasteiger partial charge in [-0.05, 0) is 0 Å². The van der Waals surface area contributed by atoms with Crippen molar-refractivity contribution in [1.82, 2.24) is 0 Å². The van der Waals surface area contributed by atoms with Crippen molar-refractivity contribution >= 4 is 28.3 Å². The first kappa shape index (κ1) is 6.62. The maximum absolute atomic E-state index is 3.78. The number of nitrogens with two attached hydrogens (primary N) is 1. The molecule has 1 aliphatic rings. The van der Waals surface area contributed by atoms with Crippen LogP contribution in [0.3, 0.4) is 0 Å². The monoisotopic (exact) mass is 142 g/mol. The normalized spacial score (nSPS) is 17.3. The molecule has 2 N–H and O–H groups in total. The third kappa shape index (κ3) is 1.92. The van der Waals surface area contributed by atoms with E-state index in [4.69, 9.17) is 0 Å². The second kappa shape index (κ2) is 3.80. The summed E-state index contributed by atoms with van der Waals surface area (Å²) in [6.07, 6.45) is 1.79. The van der Waals surface area contributed by atoms with Crippen LogP contribution in [0.2, 0.25) is 0 Å². The van der Waals surface area contributed by atoms with Gasteiger partial charge in [0.15, 0.2) is 11.0 Å². The molecule has 0 amide bonds. The smallest absolute Gasteiger partial charge is 0.207 e. The fourth-order valence-electron chi connectivity index (χ4n) is 0.124. The predicted molar refractivity (Wildman–Crippen MR) is 25.6 cm³/mol. The van der Waals surface area contributed by atoms with Gasteiger partial charge < -0.3 is 12.4 Å². The average molecular weight is 143 g/mol. The standard InChI is InChI=1S/CH2N2S2.ClH/c1-2-4-5-3-1;/h1H,(H,2,3);1H. The summed E-state index contributed by atoms with van der Waals surface area (Å²) in [5, 5.41) is 0. The van der Waals surface area contributed by atoms with Gasteiger partial charge in [-0.25, -0.2) is 4.72 Å². The Balaban J connectivity index is 0.000000250. The SMILES string of the molecule is C1=NSS[NH2+]1.[Cl-]. The molecule has 0 aliphatic carbocycles. The highest BCUT2D eigenvalue weighted by Crippen LogP contribution is 2.14. The summed E-state index contributed by atoms with van der Waals surface area (Å²) < 4.78 is 5.73. The number of halogens is 1. The van der Waals surface area contributed by atoms with Crippen molar-refractivity contribution in [1.29, 1.82) is 0 Å². The van der Waals surface area contributed by atoms with Gasteiger partial charge >= 0.3 is 0 Å². The first-order valence-corrected chi connectivity index (χ1v) is 3.35. The Labute approximate surface area is 50.2 Å². The zero-order chi connectivity index (χ0) is 3.54. The van der Waals surface area contributed by atoms with Gasteiger partial charge in [0.2, 0.25) is 6.34 Å². The fraction of sp³-hybridized carbons (Fsp3) is 0. The lowest BCUT2D eigenvalue weighted by atomic mass is 11.4. The number of rotatable bonds is 0. The molecule has 36 valence electrons. The minimum Gasteiger partial charge on any atom is -1.00 e. The molecular formula is CH3ClN2S2. The summed E-state index contributed by atoms with van der Waals surface area (Å²) in [6.45, 7) is 0. The molecule has 0 aromatic carbocycles. The van der Waals surface area contributed by atoms with Crippen LogP contribution in [-0.2, 0) is 0 Å². The van der Waals surface area contributed by atoms with Gasteiger partial charge in [0.25, 0.3) is 0 Å². The van der Waals surface area contributed by atoms with Gasteiger partial charge in [-0.2, -0.15) is 4.40 Å². The van der Waals surface area contributed by atoms with E-state index >= 15 is 0 Å². The first-order chi connectivity index (χ1) is 2.50. The molecule has 0 fully saturated rings. The van der Waals surface area contributed by atoms with Gasteiger partial charge in [-0.1, -0.05) is 0 Å². The fourth-order valence-corrected chi connectivity index (χ4v) is 1.12. The summed E-state index contributed by atoms with van der Waals surface area (Å²) in [6, 6.07) is 0. The average Bonchev–Trinajstić information content (AvgIpc) is 1.76. The summed E-state index contributed by atoms with van der Waals surface area (Å²) in [4.78, 5) is 0. The van der Waals surface area contributed by atoms with Crippen molar-refractivity contribution in [2.75, 3.05) is 0 Å². The number of hydrogen-bond donors (Lipinski definition) is 1. The van der Waals surface area contributed by atoms with Gasteiger partial charge in [0.05, 0.1) is 0 Å². The lowest BCUT2D eigenvalue weighted by Crippen LogP contribution is -3.00. The van der Waals surface area contributed by atoms with Crippen molar-refractivity contribution in [3.05, 3.63) is 0 Å². The highest BCUT2D eigenvalue weighted by Gasteiger charge is 1.93. The van der Waals surface area contributed by atoms with Crippen molar-refractivity contribution in [3.63, 3.8) is 0 Å². The molecule has 0 radical (unpaired) electrons. The molecule has 5 heteroatoms. The highest BCUT2D eigenvalue weighted by molar-refractivity contribution is 8.74. The molecule has 0 aromatic rings. The van der Waals surface area contributed by atoms with Crippen molar-refractivity contribution in [3.8, 4) is 0 Å². The lowest BCUT2D eigenvalue weighted by Gasteiger charge is -1.62. The quantitative estimate of drug-likeness (QED) is 0.285. The van der Waals surface area contributed by atoms with Crippen LogP contribution in [0, 0.1) is 0 Å². The number of quaternary nitrogens is 1. The summed E-state index contributed by atoms with van der Waals surface area (Å²) in [7, 11) is 3.15. The Bertz CT molecular complexity index is 49.5. The molecule has 1 heterocycles. The molecule has 0 saturated carbocycles. The predicted octanol–water partition coefficient (Wildman–Crippen LogP) is -3.19. The van der Waals surface area contributed by atoms with Crippen LogP contribution < -0.4 is 17.1 Å². The van der Waals surface area contributed by atoms with E-state index in [1.165, 1.54) is 11.0 Å². The molecule has 6 heavy (non-hydrogen) atoms. The maximum atomic E-state index is 3.78. The summed E-state index contributed by atoms with van der Waals surface area (Å²) in [5.41, 5.74) is 0. The number of nitrogens with zero attached hydrogens (tertiary/aromatic N) is 1. The summed E-state index contributed by atoms with van der Waals surface area (Å²) >= 11 is 0. The Hall–Kier alpha value is 0.620. The Morgan fingerprint density at radius 2 is 2.50 bits per heavy atom. The van der Waals surface area contributed by atoms with E-state index in [9.17, 15) is 0 Å². The molecular weight excluding hydrogens is 140 g/mol. The van der Waals surface area contributed by atoms with Crippen molar-refractivity contribution in [2.45, 2.75) is 0 Å². The van der Waals surface area contributed by atoms with Crippen molar-refractivity contribution in [2.24, 2.45) is 4.40 Å². The topological polar surface area (TPSA) is 29.0 Å². The van der Waals surface area contributed by atoms with Crippen LogP contribution in [-0.4, -0.2) is 6.34 Å². The molecule has 0 saturated heterocycles. The van der Waals surface area contributed by atoms with Gasteiger partial charge in [0, 0.05) is 0 Å². The molecule has 0 spiro atoms. The molecule has 0 unspecified atom stereocenters. The van der Waals surface area contributed by atoms with E-state index in [-0.39, 0.29) is 12.4 Å². The lowest BCUT2D eigenvalue weighted by molar-refractivity contribution is -0.321. The third-order valence-electron chi connectivity index (χ3n) is 0.263. The Morgan fingerprint density at radius 1 is 1.67 bits per heavy atom. The van der Waals surface area contributed by atoms with Crippen molar-refractivity contribution < 1.29 is 17.1 Å². The first-order valence-electron chi connectivity index (χ1n) is 1.18. The zero-order valence-corrected chi connectivity index (χ0v) is 5.19. The van der Waals surface area contributed by atoms with Crippen LogP contribution >= 0.6 is 22.0 Å². The van der Waals surface area contributed by atoms with E-state index in [1.807, 2.05) is 4.72 Å². The van der Waals surface area contributed by atoms with E-state index in [0.29, 0.717) is 0 Å². The third-order valence-corrected chi connectivity index (χ3v) is 1.64. The van der Waals surface area contributed by atoms with E-state index in [0.717, 1.165) is 0 Å². The van der Waals surface area contributed by atoms with Crippen LogP contribution in [0.15, 0.2) is 4.40 Å². The summed E-state index contributed by atoms with van der Waals surface area (Å²) in [5.74, 6) is 0. The van der Waals surface area contributed by atoms with Crippen LogP contribution in [0.25, 0.3) is 0 Å². The van der Waals surface area contributed by atoms with Gasteiger partial charge in [-0.3, -0.25) is 0 Å². The minimum absolute atomic E-state index is 0. The molecule has 2 nitrogen and oxygen atoms in total. The second-order valence-electron chi connectivity index (χ2n) is 0.561. The zero-order valence-electron chi connectivity index (χ0n) is 2.80. The molecule has 1 rings (SSSR count). The van der Waals surface area contributed by atoms with Crippen LogP contribution in [0.4, 0.5) is 0 Å². The van der Waals surface area contributed by atoms with E-state index < -0.39 is 0 Å².